The van der Waals surface area contributed by atoms with Crippen LogP contribution in [0.1, 0.15) is 27.7 Å². The third-order valence-electron chi connectivity index (χ3n) is 2.33. The Morgan fingerprint density at radius 3 is 2.19 bits per heavy atom. The molecule has 2 atom stereocenters. The Balaban J connectivity index is 4.21. The highest BCUT2D eigenvalue weighted by molar-refractivity contribution is 5.83. The second kappa shape index (κ2) is 7.22. The first-order valence-electron chi connectivity index (χ1n) is 5.35. The van der Waals surface area contributed by atoms with Crippen molar-refractivity contribution in [1.82, 2.24) is 5.32 Å². The molecular formula is C11H21NO4. The highest BCUT2D eigenvalue weighted by Gasteiger charge is 2.21. The average molecular weight is 231 g/mol. The van der Waals surface area contributed by atoms with Crippen LogP contribution in [0, 0.1) is 5.92 Å². The lowest BCUT2D eigenvalue weighted by Gasteiger charge is -2.21. The van der Waals surface area contributed by atoms with E-state index in [4.69, 9.17) is 4.74 Å². The Morgan fingerprint density at radius 2 is 1.81 bits per heavy atom. The van der Waals surface area contributed by atoms with Crippen LogP contribution in [0.4, 0.5) is 0 Å². The van der Waals surface area contributed by atoms with Crippen molar-refractivity contribution in [2.45, 2.75) is 39.8 Å². The molecule has 5 nitrogen and oxygen atoms in total. The molecule has 0 aromatic heterocycles. The number of carbonyl (C=O) groups excluding carboxylic acids is 2. The van der Waals surface area contributed by atoms with Gasteiger partial charge in [-0.1, -0.05) is 13.8 Å². The summed E-state index contributed by atoms with van der Waals surface area (Å²) < 4.78 is 10.0. The van der Waals surface area contributed by atoms with Crippen molar-refractivity contribution in [3.05, 3.63) is 0 Å². The number of hydrogen-bond acceptors (Lipinski definition) is 4. The first-order chi connectivity index (χ1) is 7.38. The maximum Gasteiger partial charge on any atom is 0.330 e. The quantitative estimate of drug-likeness (QED) is 0.684. The lowest BCUT2D eigenvalue weighted by Crippen LogP contribution is -2.44. The molecule has 0 heterocycles. The largest absolute Gasteiger partial charge is 0.467 e. The molecule has 0 saturated heterocycles. The van der Waals surface area contributed by atoms with Gasteiger partial charge < -0.3 is 14.8 Å². The van der Waals surface area contributed by atoms with Gasteiger partial charge in [0.15, 0.2) is 6.04 Å². The van der Waals surface area contributed by atoms with Crippen LogP contribution in [-0.2, 0) is 19.1 Å². The van der Waals surface area contributed by atoms with Crippen LogP contribution in [0.2, 0.25) is 0 Å². The molecule has 94 valence electrons. The smallest absolute Gasteiger partial charge is 0.330 e. The summed E-state index contributed by atoms with van der Waals surface area (Å²) in [7, 11) is 1.28. The van der Waals surface area contributed by atoms with Crippen molar-refractivity contribution < 1.29 is 19.1 Å². The summed E-state index contributed by atoms with van der Waals surface area (Å²) in [6.07, 6.45) is 0.0286. The summed E-state index contributed by atoms with van der Waals surface area (Å²) in [5.41, 5.74) is 0. The number of amides is 1. The molecule has 0 aliphatic rings. The molecular weight excluding hydrogens is 210 g/mol. The number of methoxy groups -OCH3 is 1. The maximum absolute atomic E-state index is 11.3. The molecule has 0 rings (SSSR count). The zero-order valence-electron chi connectivity index (χ0n) is 10.6. The van der Waals surface area contributed by atoms with Gasteiger partial charge in [0.2, 0.25) is 5.91 Å². The van der Waals surface area contributed by atoms with E-state index >= 15 is 0 Å². The number of nitrogens with one attached hydrogen (secondary N) is 1. The van der Waals surface area contributed by atoms with Gasteiger partial charge >= 0.3 is 5.97 Å². The number of ether oxygens (including phenoxy) is 2. The molecule has 1 amide bonds. The van der Waals surface area contributed by atoms with E-state index < -0.39 is 12.0 Å². The lowest BCUT2D eigenvalue weighted by molar-refractivity contribution is -0.147. The van der Waals surface area contributed by atoms with Crippen LogP contribution in [0.3, 0.4) is 0 Å². The summed E-state index contributed by atoms with van der Waals surface area (Å²) >= 11 is 0. The van der Waals surface area contributed by atoms with Gasteiger partial charge in [-0.2, -0.15) is 0 Å². The van der Waals surface area contributed by atoms with Gasteiger partial charge in [0, 0.05) is 6.92 Å². The van der Waals surface area contributed by atoms with Crippen LogP contribution in [0.25, 0.3) is 0 Å². The number of carbonyl (C=O) groups is 2. The second-order valence-electron chi connectivity index (χ2n) is 4.06. The first-order valence-corrected chi connectivity index (χ1v) is 5.35. The molecule has 0 aliphatic heterocycles. The molecule has 0 aromatic rings. The fourth-order valence-corrected chi connectivity index (χ4v) is 0.997. The first kappa shape index (κ1) is 14.9. The minimum absolute atomic E-state index is 0.0286. The van der Waals surface area contributed by atoms with E-state index in [2.05, 4.69) is 10.1 Å². The van der Waals surface area contributed by atoms with Crippen molar-refractivity contribution in [2.24, 2.45) is 5.92 Å². The molecule has 0 saturated carbocycles. The second-order valence-corrected chi connectivity index (χ2v) is 4.06. The number of esters is 1. The van der Waals surface area contributed by atoms with Gasteiger partial charge in [-0.3, -0.25) is 4.79 Å². The van der Waals surface area contributed by atoms with Gasteiger partial charge in [-0.15, -0.1) is 0 Å². The lowest BCUT2D eigenvalue weighted by atomic mass is 10.1. The Morgan fingerprint density at radius 1 is 1.25 bits per heavy atom. The normalized spacial score (nSPS) is 14.4. The molecule has 16 heavy (non-hydrogen) atoms. The predicted octanol–water partition coefficient (Wildman–Crippen LogP) is 0.725. The van der Waals surface area contributed by atoms with E-state index in [1.807, 2.05) is 20.8 Å². The van der Waals surface area contributed by atoms with Gasteiger partial charge in [-0.05, 0) is 12.8 Å². The van der Waals surface area contributed by atoms with Crippen LogP contribution >= 0.6 is 0 Å². The van der Waals surface area contributed by atoms with Crippen molar-refractivity contribution >= 4 is 11.9 Å². The molecule has 0 bridgehead atoms. The topological polar surface area (TPSA) is 64.6 Å². The molecule has 0 aromatic carbocycles. The fourth-order valence-electron chi connectivity index (χ4n) is 0.997. The summed E-state index contributed by atoms with van der Waals surface area (Å²) in [6, 6.07) is -0.733. The van der Waals surface area contributed by atoms with E-state index in [1.54, 1.807) is 0 Å². The SMILES string of the molecule is COC(=O)C(COC(C)C(C)C)NC(C)=O. The maximum atomic E-state index is 11.3. The molecule has 0 spiro atoms. The minimum atomic E-state index is -0.733. The molecule has 0 aliphatic carbocycles. The number of rotatable bonds is 6. The molecule has 5 heteroatoms. The van der Waals surface area contributed by atoms with Crippen molar-refractivity contribution in [3.63, 3.8) is 0 Å². The summed E-state index contributed by atoms with van der Waals surface area (Å²) in [5.74, 6) is -0.419. The summed E-state index contributed by atoms with van der Waals surface area (Å²) in [6.45, 7) is 7.45. The van der Waals surface area contributed by atoms with E-state index in [0.29, 0.717) is 5.92 Å². The number of hydrogen-bond donors (Lipinski definition) is 1. The zero-order valence-corrected chi connectivity index (χ0v) is 10.6. The predicted molar refractivity (Wildman–Crippen MR) is 59.9 cm³/mol. The van der Waals surface area contributed by atoms with Crippen molar-refractivity contribution in [2.75, 3.05) is 13.7 Å². The highest BCUT2D eigenvalue weighted by atomic mass is 16.5. The standard InChI is InChI=1S/C11H21NO4/c1-7(2)8(3)16-6-10(11(14)15-5)12-9(4)13/h7-8,10H,6H2,1-5H3,(H,12,13). The Bertz CT molecular complexity index is 240. The summed E-state index contributed by atoms with van der Waals surface area (Å²) in [5, 5.41) is 2.49. The molecule has 2 unspecified atom stereocenters. The molecule has 0 radical (unpaired) electrons. The van der Waals surface area contributed by atoms with Crippen LogP contribution < -0.4 is 5.32 Å². The van der Waals surface area contributed by atoms with E-state index in [9.17, 15) is 9.59 Å². The summed E-state index contributed by atoms with van der Waals surface area (Å²) in [4.78, 5) is 22.2. The highest BCUT2D eigenvalue weighted by Crippen LogP contribution is 2.06. The van der Waals surface area contributed by atoms with Gasteiger partial charge in [0.25, 0.3) is 0 Å². The van der Waals surface area contributed by atoms with Gasteiger partial charge in [-0.25, -0.2) is 4.79 Å². The average Bonchev–Trinajstić information content (AvgIpc) is 2.21. The van der Waals surface area contributed by atoms with Crippen LogP contribution in [0.15, 0.2) is 0 Å². The minimum Gasteiger partial charge on any atom is -0.467 e. The zero-order chi connectivity index (χ0) is 12.7. The Labute approximate surface area is 96.5 Å². The van der Waals surface area contributed by atoms with Gasteiger partial charge in [0.05, 0.1) is 19.8 Å². The van der Waals surface area contributed by atoms with Crippen molar-refractivity contribution in [3.8, 4) is 0 Å². The Kier molecular flexibility index (Phi) is 6.72. The Hall–Kier alpha value is -1.10. The van der Waals surface area contributed by atoms with E-state index in [-0.39, 0.29) is 18.6 Å². The molecule has 1 N–H and O–H groups in total. The third kappa shape index (κ3) is 5.70. The van der Waals surface area contributed by atoms with Crippen LogP contribution in [-0.4, -0.2) is 37.7 Å². The molecule has 0 fully saturated rings. The van der Waals surface area contributed by atoms with Crippen LogP contribution in [0.5, 0.6) is 0 Å². The fraction of sp³-hybridized carbons (Fsp3) is 0.818. The van der Waals surface area contributed by atoms with Gasteiger partial charge in [0.1, 0.15) is 0 Å². The van der Waals surface area contributed by atoms with Crippen molar-refractivity contribution in [1.29, 1.82) is 0 Å². The van der Waals surface area contributed by atoms with E-state index in [1.165, 1.54) is 14.0 Å². The third-order valence-corrected chi connectivity index (χ3v) is 2.33. The van der Waals surface area contributed by atoms with E-state index in [0.717, 1.165) is 0 Å². The monoisotopic (exact) mass is 231 g/mol.